The molecule has 11 nitrogen and oxygen atoms in total. The number of hydrazone groups is 1. The van der Waals surface area contributed by atoms with Gasteiger partial charge < -0.3 is 30.1 Å². The van der Waals surface area contributed by atoms with Crippen molar-refractivity contribution in [3.63, 3.8) is 0 Å². The molecule has 0 aliphatic carbocycles. The van der Waals surface area contributed by atoms with Gasteiger partial charge in [0.1, 0.15) is 35.6 Å². The Bertz CT molecular complexity index is 1640. The number of aromatic nitrogens is 2. The summed E-state index contributed by atoms with van der Waals surface area (Å²) >= 11 is 5.95. The smallest absolute Gasteiger partial charge is 0.339 e. The van der Waals surface area contributed by atoms with Crippen LogP contribution in [-0.4, -0.2) is 59.7 Å². The summed E-state index contributed by atoms with van der Waals surface area (Å²) in [5.41, 5.74) is 5.17. The number of carbonyl (C=O) groups excluding carboxylic acids is 1. The van der Waals surface area contributed by atoms with E-state index < -0.39 is 11.8 Å². The third-order valence-electron chi connectivity index (χ3n) is 6.86. The highest BCUT2D eigenvalue weighted by atomic mass is 35.5. The largest absolute Gasteiger partial charge is 0.507 e. The van der Waals surface area contributed by atoms with Crippen molar-refractivity contribution in [3.05, 3.63) is 71.3 Å². The third-order valence-corrected chi connectivity index (χ3v) is 7.15. The van der Waals surface area contributed by atoms with Crippen molar-refractivity contribution in [1.82, 2.24) is 15.4 Å². The number of hydrogen-bond acceptors (Lipinski definition) is 9. The number of rotatable bonds is 10. The molecule has 0 radical (unpaired) electrons. The second kappa shape index (κ2) is 13.5. The molecule has 1 fully saturated rings. The lowest BCUT2D eigenvalue weighted by atomic mass is 10.1. The molecule has 3 aromatic carbocycles. The van der Waals surface area contributed by atoms with Crippen LogP contribution >= 0.6 is 11.6 Å². The van der Waals surface area contributed by atoms with Crippen molar-refractivity contribution in [2.24, 2.45) is 5.10 Å². The summed E-state index contributed by atoms with van der Waals surface area (Å²) in [5, 5.41) is 20.9. The van der Waals surface area contributed by atoms with Gasteiger partial charge in [0, 0.05) is 54.0 Å². The molecule has 4 N–H and O–H groups in total. The Balaban J connectivity index is 1.37. The Morgan fingerprint density at radius 1 is 1.21 bits per heavy atom. The molecule has 43 heavy (non-hydrogen) atoms. The number of ether oxygens (including phenoxy) is 2. The van der Waals surface area contributed by atoms with Gasteiger partial charge in [0.15, 0.2) is 0 Å². The molecule has 1 aliphatic rings. The molecular weight excluding hydrogens is 577 g/mol. The van der Waals surface area contributed by atoms with E-state index in [0.29, 0.717) is 59.0 Å². The number of anilines is 4. The lowest BCUT2D eigenvalue weighted by Gasteiger charge is -2.21. The van der Waals surface area contributed by atoms with Crippen molar-refractivity contribution in [2.75, 3.05) is 41.8 Å². The lowest BCUT2D eigenvalue weighted by molar-refractivity contribution is 0.142. The molecule has 0 spiro atoms. The summed E-state index contributed by atoms with van der Waals surface area (Å²) in [6, 6.07) is 12.2. The zero-order valence-electron chi connectivity index (χ0n) is 23.6. The number of carbonyl (C=O) groups is 1. The van der Waals surface area contributed by atoms with Crippen molar-refractivity contribution in [3.8, 4) is 11.5 Å². The molecule has 0 saturated carbocycles. The predicted octanol–water partition coefficient (Wildman–Crippen LogP) is 6.04. The summed E-state index contributed by atoms with van der Waals surface area (Å²) in [7, 11) is 0. The van der Waals surface area contributed by atoms with Crippen molar-refractivity contribution in [1.29, 1.82) is 0 Å². The van der Waals surface area contributed by atoms with Gasteiger partial charge in [-0.1, -0.05) is 11.6 Å². The quantitative estimate of drug-likeness (QED) is 0.127. The van der Waals surface area contributed by atoms with E-state index >= 15 is 0 Å². The molecule has 2 heterocycles. The highest BCUT2D eigenvalue weighted by Crippen LogP contribution is 2.35. The van der Waals surface area contributed by atoms with Gasteiger partial charge in [-0.05, 0) is 50.2 Å². The minimum absolute atomic E-state index is 0.0365. The van der Waals surface area contributed by atoms with Crippen LogP contribution in [0.25, 0.3) is 10.9 Å². The fraction of sp³-hybridized carbons (Fsp3) is 0.267. The number of amides is 2. The van der Waals surface area contributed by atoms with Gasteiger partial charge in [0.2, 0.25) is 0 Å². The Labute approximate surface area is 252 Å². The minimum atomic E-state index is -0.640. The Morgan fingerprint density at radius 2 is 2.05 bits per heavy atom. The lowest BCUT2D eigenvalue weighted by Crippen LogP contribution is -2.25. The number of halogens is 2. The molecule has 2 amide bonds. The molecule has 1 aromatic heterocycles. The number of phenols is 1. The van der Waals surface area contributed by atoms with Crippen LogP contribution < -0.4 is 25.7 Å². The van der Waals surface area contributed by atoms with E-state index in [0.717, 1.165) is 18.8 Å². The number of nitrogens with one attached hydrogen (secondary N) is 3. The van der Waals surface area contributed by atoms with E-state index in [1.54, 1.807) is 24.3 Å². The highest BCUT2D eigenvalue weighted by molar-refractivity contribution is 6.31. The standard InChI is InChI=1S/C30H31ClFN7O4/c1-3-39(4-2)20-7-5-18(27(40)12-20)15-35-38-30(41)37-26-13-22-25(14-28(26)43-21-9-10-42-16-21)33-17-34-29(22)36-19-6-8-24(32)23(31)11-19/h5-8,11-15,17,21,40H,3-4,9-10,16H2,1-2H3,(H,33,34,36)(H2,37,38,41)/b35-15+/t21-/m0/s1. The first-order chi connectivity index (χ1) is 20.8. The highest BCUT2D eigenvalue weighted by Gasteiger charge is 2.21. The van der Waals surface area contributed by atoms with Gasteiger partial charge in [0.05, 0.1) is 35.7 Å². The number of fused-ring (bicyclic) bond motifs is 1. The summed E-state index contributed by atoms with van der Waals surface area (Å²) < 4.78 is 25.3. The minimum Gasteiger partial charge on any atom is -0.507 e. The summed E-state index contributed by atoms with van der Waals surface area (Å²) in [6.45, 7) is 6.70. The Kier molecular flexibility index (Phi) is 9.38. The fourth-order valence-corrected chi connectivity index (χ4v) is 4.79. The summed E-state index contributed by atoms with van der Waals surface area (Å²) in [4.78, 5) is 23.7. The van der Waals surface area contributed by atoms with Crippen LogP contribution in [0.3, 0.4) is 0 Å². The molecule has 224 valence electrons. The Hall–Kier alpha value is -4.68. The SMILES string of the molecule is CCN(CC)c1ccc(/C=N/NC(=O)Nc2cc3c(Nc4ccc(F)c(Cl)c4)ncnc3cc2O[C@H]2CCOC2)c(O)c1. The number of phenolic OH excluding ortho intramolecular Hbond substituents is 1. The average Bonchev–Trinajstić information content (AvgIpc) is 3.50. The average molecular weight is 608 g/mol. The molecule has 1 saturated heterocycles. The molecule has 0 unspecified atom stereocenters. The van der Waals surface area contributed by atoms with Crippen LogP contribution in [0, 0.1) is 5.82 Å². The summed E-state index contributed by atoms with van der Waals surface area (Å²) in [6.07, 6.45) is 3.25. The number of urea groups is 1. The first-order valence-electron chi connectivity index (χ1n) is 13.8. The molecular formula is C30H31ClFN7O4. The van der Waals surface area contributed by atoms with Crippen LogP contribution in [0.2, 0.25) is 5.02 Å². The first-order valence-corrected chi connectivity index (χ1v) is 14.2. The second-order valence-corrected chi connectivity index (χ2v) is 10.1. The predicted molar refractivity (Wildman–Crippen MR) is 165 cm³/mol. The van der Waals surface area contributed by atoms with Crippen LogP contribution in [0.15, 0.2) is 60.0 Å². The normalized spacial score (nSPS) is 14.7. The Morgan fingerprint density at radius 3 is 2.77 bits per heavy atom. The van der Waals surface area contributed by atoms with E-state index in [1.165, 1.54) is 30.7 Å². The zero-order valence-corrected chi connectivity index (χ0v) is 24.4. The zero-order chi connectivity index (χ0) is 30.3. The van der Waals surface area contributed by atoms with Gasteiger partial charge in [-0.15, -0.1) is 0 Å². The van der Waals surface area contributed by atoms with Crippen LogP contribution in [0.1, 0.15) is 25.8 Å². The second-order valence-electron chi connectivity index (χ2n) is 9.68. The van der Waals surface area contributed by atoms with Gasteiger partial charge in [-0.3, -0.25) is 0 Å². The monoisotopic (exact) mass is 607 g/mol. The maximum absolute atomic E-state index is 13.7. The van der Waals surface area contributed by atoms with E-state index in [1.807, 2.05) is 19.9 Å². The number of aromatic hydroxyl groups is 1. The fourth-order valence-electron chi connectivity index (χ4n) is 4.61. The molecule has 1 atom stereocenters. The van der Waals surface area contributed by atoms with Crippen LogP contribution in [0.4, 0.5) is 32.1 Å². The van der Waals surface area contributed by atoms with Gasteiger partial charge in [-0.2, -0.15) is 5.10 Å². The van der Waals surface area contributed by atoms with E-state index in [9.17, 15) is 14.3 Å². The first kappa shape index (κ1) is 29.8. The summed E-state index contributed by atoms with van der Waals surface area (Å²) in [5.74, 6) is 0.307. The van der Waals surface area contributed by atoms with Crippen molar-refractivity contribution < 1.29 is 23.8 Å². The van der Waals surface area contributed by atoms with Crippen molar-refractivity contribution >= 4 is 57.6 Å². The number of benzene rings is 3. The molecule has 5 rings (SSSR count). The number of nitrogens with zero attached hydrogens (tertiary/aromatic N) is 4. The van der Waals surface area contributed by atoms with Gasteiger partial charge >= 0.3 is 6.03 Å². The van der Waals surface area contributed by atoms with Crippen molar-refractivity contribution in [2.45, 2.75) is 26.4 Å². The van der Waals surface area contributed by atoms with E-state index in [4.69, 9.17) is 21.1 Å². The maximum atomic E-state index is 13.7. The number of hydrogen-bond donors (Lipinski definition) is 4. The van der Waals surface area contributed by atoms with Gasteiger partial charge in [0.25, 0.3) is 0 Å². The topological polar surface area (TPSA) is 133 Å². The van der Waals surface area contributed by atoms with E-state index in [2.05, 4.69) is 36.0 Å². The molecule has 0 bridgehead atoms. The van der Waals surface area contributed by atoms with Gasteiger partial charge in [-0.25, -0.2) is 24.6 Å². The molecule has 4 aromatic rings. The third kappa shape index (κ3) is 7.22. The van der Waals surface area contributed by atoms with Crippen LogP contribution in [-0.2, 0) is 4.74 Å². The molecule has 1 aliphatic heterocycles. The van der Waals surface area contributed by atoms with E-state index in [-0.39, 0.29) is 16.9 Å². The van der Waals surface area contributed by atoms with Crippen LogP contribution in [0.5, 0.6) is 11.5 Å². The maximum Gasteiger partial charge on any atom is 0.339 e. The molecule has 13 heteroatoms.